The van der Waals surface area contributed by atoms with Crippen LogP contribution in [0.1, 0.15) is 51.0 Å². The van der Waals surface area contributed by atoms with Gasteiger partial charge in [-0.2, -0.15) is 0 Å². The van der Waals surface area contributed by atoms with Crippen LogP contribution in [-0.2, 0) is 11.0 Å². The van der Waals surface area contributed by atoms with E-state index in [1.807, 2.05) is 18.2 Å². The largest absolute Gasteiger partial charge is 0.508 e. The first kappa shape index (κ1) is 19.1. The number of hydrogen-bond acceptors (Lipinski definition) is 2. The van der Waals surface area contributed by atoms with Gasteiger partial charge in [0.1, 0.15) is 5.75 Å². The molecule has 4 N–H and O–H groups in total. The van der Waals surface area contributed by atoms with Crippen molar-refractivity contribution in [3.05, 3.63) is 29.8 Å². The zero-order valence-electron chi connectivity index (χ0n) is 11.9. The molecule has 0 aromatic heterocycles. The van der Waals surface area contributed by atoms with E-state index in [0.29, 0.717) is 5.75 Å². The Morgan fingerprint density at radius 3 is 2.00 bits per heavy atom. The number of benzene rings is 1. The standard InChI is InChI=1S/C14H22O.H3O4P/c1-2-3-4-5-6-7-10-13-11-8-9-12-14(13)15;1-5(2,3)4/h8-9,11-12,15H,2-7,10H2,1H3;(H3,1,2,3,4). The summed E-state index contributed by atoms with van der Waals surface area (Å²) in [5.41, 5.74) is 1.09. The highest BCUT2D eigenvalue weighted by molar-refractivity contribution is 7.45. The van der Waals surface area contributed by atoms with Crippen LogP contribution < -0.4 is 0 Å². The minimum atomic E-state index is -4.64. The van der Waals surface area contributed by atoms with Crippen LogP contribution in [0.3, 0.4) is 0 Å². The summed E-state index contributed by atoms with van der Waals surface area (Å²) >= 11 is 0. The number of phenolic OH excluding ortho intramolecular Hbond substituents is 1. The van der Waals surface area contributed by atoms with Gasteiger partial charge in [0.25, 0.3) is 0 Å². The lowest BCUT2D eigenvalue weighted by Gasteiger charge is -2.03. The van der Waals surface area contributed by atoms with Crippen LogP contribution in [0.5, 0.6) is 5.75 Å². The zero-order valence-corrected chi connectivity index (χ0v) is 12.8. The van der Waals surface area contributed by atoms with E-state index >= 15 is 0 Å². The monoisotopic (exact) mass is 304 g/mol. The van der Waals surface area contributed by atoms with Crippen molar-refractivity contribution in [3.8, 4) is 5.75 Å². The second-order valence-corrected chi connectivity index (χ2v) is 5.69. The van der Waals surface area contributed by atoms with Gasteiger partial charge in [-0.15, -0.1) is 0 Å². The highest BCUT2D eigenvalue weighted by Gasteiger charge is 2.00. The van der Waals surface area contributed by atoms with E-state index in [4.69, 9.17) is 19.2 Å². The molecule has 20 heavy (non-hydrogen) atoms. The molecule has 0 bridgehead atoms. The molecule has 1 aromatic carbocycles. The van der Waals surface area contributed by atoms with E-state index < -0.39 is 7.82 Å². The molecular formula is C14H25O5P. The van der Waals surface area contributed by atoms with Crippen LogP contribution in [0, 0.1) is 0 Å². The molecule has 116 valence electrons. The molecule has 0 atom stereocenters. The van der Waals surface area contributed by atoms with E-state index in [1.54, 1.807) is 6.07 Å². The van der Waals surface area contributed by atoms with E-state index in [-0.39, 0.29) is 0 Å². The van der Waals surface area contributed by atoms with Gasteiger partial charge in [0.2, 0.25) is 0 Å². The molecule has 0 saturated carbocycles. The Morgan fingerprint density at radius 1 is 0.950 bits per heavy atom. The van der Waals surface area contributed by atoms with Gasteiger partial charge in [-0.05, 0) is 24.5 Å². The molecule has 0 unspecified atom stereocenters. The fraction of sp³-hybridized carbons (Fsp3) is 0.571. The summed E-state index contributed by atoms with van der Waals surface area (Å²) < 4.78 is 8.88. The lowest BCUT2D eigenvalue weighted by molar-refractivity contribution is 0.275. The number of aryl methyl sites for hydroxylation is 1. The van der Waals surface area contributed by atoms with Crippen molar-refractivity contribution < 1.29 is 24.4 Å². The zero-order chi connectivity index (χ0) is 15.4. The number of aromatic hydroxyl groups is 1. The molecular weight excluding hydrogens is 279 g/mol. The van der Waals surface area contributed by atoms with Crippen molar-refractivity contribution in [1.29, 1.82) is 0 Å². The number of phenols is 1. The molecule has 1 aromatic rings. The molecule has 1 rings (SSSR count). The van der Waals surface area contributed by atoms with E-state index in [0.717, 1.165) is 12.0 Å². The fourth-order valence-electron chi connectivity index (χ4n) is 1.82. The first-order valence-electron chi connectivity index (χ1n) is 6.89. The third-order valence-electron chi connectivity index (χ3n) is 2.79. The summed E-state index contributed by atoms with van der Waals surface area (Å²) in [6.07, 6.45) is 8.85. The van der Waals surface area contributed by atoms with Gasteiger partial charge in [0, 0.05) is 0 Å². The Balaban J connectivity index is 0.000000621. The molecule has 0 amide bonds. The van der Waals surface area contributed by atoms with Crippen molar-refractivity contribution in [1.82, 2.24) is 0 Å². The van der Waals surface area contributed by atoms with Crippen molar-refractivity contribution in [2.45, 2.75) is 51.9 Å². The Hall–Kier alpha value is -0.870. The average molecular weight is 304 g/mol. The molecule has 6 heteroatoms. The third-order valence-corrected chi connectivity index (χ3v) is 2.79. The summed E-state index contributed by atoms with van der Waals surface area (Å²) in [4.78, 5) is 21.6. The maximum Gasteiger partial charge on any atom is 0.466 e. The van der Waals surface area contributed by atoms with Gasteiger partial charge in [-0.3, -0.25) is 0 Å². The average Bonchev–Trinajstić information content (AvgIpc) is 2.33. The van der Waals surface area contributed by atoms with Crippen LogP contribution in [0.25, 0.3) is 0 Å². The van der Waals surface area contributed by atoms with Gasteiger partial charge >= 0.3 is 7.82 Å². The van der Waals surface area contributed by atoms with Gasteiger partial charge < -0.3 is 19.8 Å². The lowest BCUT2D eigenvalue weighted by Crippen LogP contribution is -1.86. The first-order chi connectivity index (χ1) is 9.34. The summed E-state index contributed by atoms with van der Waals surface area (Å²) in [6.45, 7) is 2.24. The molecule has 0 saturated heterocycles. The lowest BCUT2D eigenvalue weighted by atomic mass is 10.0. The molecule has 0 aliphatic heterocycles. The summed E-state index contributed by atoms with van der Waals surface area (Å²) in [5, 5.41) is 9.55. The normalized spacial score (nSPS) is 10.8. The van der Waals surface area contributed by atoms with Gasteiger partial charge in [0.15, 0.2) is 0 Å². The topological polar surface area (TPSA) is 98.0 Å². The predicted molar refractivity (Wildman–Crippen MR) is 79.4 cm³/mol. The van der Waals surface area contributed by atoms with Crippen molar-refractivity contribution in [3.63, 3.8) is 0 Å². The second kappa shape index (κ2) is 10.9. The van der Waals surface area contributed by atoms with Crippen molar-refractivity contribution >= 4 is 7.82 Å². The number of phosphoric acid groups is 1. The van der Waals surface area contributed by atoms with E-state index in [9.17, 15) is 5.11 Å². The SMILES string of the molecule is CCCCCCCCc1ccccc1O.O=P(O)(O)O. The molecule has 0 radical (unpaired) electrons. The predicted octanol–water partition coefficient (Wildman–Crippen LogP) is 3.37. The quantitative estimate of drug-likeness (QED) is 0.457. The first-order valence-corrected chi connectivity index (χ1v) is 8.46. The summed E-state index contributed by atoms with van der Waals surface area (Å²) in [6, 6.07) is 7.65. The number of para-hydroxylation sites is 1. The van der Waals surface area contributed by atoms with Crippen molar-refractivity contribution in [2.75, 3.05) is 0 Å². The van der Waals surface area contributed by atoms with E-state index in [1.165, 1.54) is 38.5 Å². The smallest absolute Gasteiger partial charge is 0.466 e. The van der Waals surface area contributed by atoms with Crippen LogP contribution in [0.4, 0.5) is 0 Å². The van der Waals surface area contributed by atoms with Gasteiger partial charge in [-0.25, -0.2) is 4.57 Å². The van der Waals surface area contributed by atoms with Crippen LogP contribution in [0.2, 0.25) is 0 Å². The molecule has 0 aliphatic carbocycles. The highest BCUT2D eigenvalue weighted by Crippen LogP contribution is 2.25. The number of hydrogen-bond donors (Lipinski definition) is 4. The summed E-state index contributed by atoms with van der Waals surface area (Å²) in [7, 11) is -4.64. The summed E-state index contributed by atoms with van der Waals surface area (Å²) in [5.74, 6) is 0.450. The Kier molecular flexibility index (Phi) is 10.4. The Morgan fingerprint density at radius 2 is 1.45 bits per heavy atom. The molecule has 0 spiro atoms. The molecule has 0 fully saturated rings. The number of unbranched alkanes of at least 4 members (excludes halogenated alkanes) is 5. The van der Waals surface area contributed by atoms with Crippen LogP contribution in [0.15, 0.2) is 24.3 Å². The minimum absolute atomic E-state index is 0.450. The molecule has 0 heterocycles. The Bertz CT molecular complexity index is 394. The maximum absolute atomic E-state index is 9.55. The Labute approximate surface area is 120 Å². The minimum Gasteiger partial charge on any atom is -0.508 e. The van der Waals surface area contributed by atoms with E-state index in [2.05, 4.69) is 6.92 Å². The maximum atomic E-state index is 9.55. The van der Waals surface area contributed by atoms with Crippen molar-refractivity contribution in [2.24, 2.45) is 0 Å². The molecule has 0 aliphatic rings. The highest BCUT2D eigenvalue weighted by atomic mass is 31.2. The molecule has 5 nitrogen and oxygen atoms in total. The third kappa shape index (κ3) is 13.6. The fourth-order valence-corrected chi connectivity index (χ4v) is 1.82. The number of rotatable bonds is 7. The second-order valence-electron chi connectivity index (χ2n) is 4.66. The van der Waals surface area contributed by atoms with Gasteiger partial charge in [0.05, 0.1) is 0 Å². The van der Waals surface area contributed by atoms with Crippen LogP contribution in [-0.4, -0.2) is 19.8 Å². The van der Waals surface area contributed by atoms with Gasteiger partial charge in [-0.1, -0.05) is 57.2 Å². The van der Waals surface area contributed by atoms with Crippen LogP contribution >= 0.6 is 7.82 Å².